The molecule has 0 unspecified atom stereocenters. The number of sulfonamides is 1. The molecule has 5 rings (SSSR count). The van der Waals surface area contributed by atoms with E-state index in [2.05, 4.69) is 9.80 Å². The average molecular weight is 499 g/mol. The van der Waals surface area contributed by atoms with Gasteiger partial charge in [0.15, 0.2) is 0 Å². The standard InChI is InChI=1S/C25H30N4O5S/c1-34-21-8-4-20(5-9-21)29-24(30)18-23(25(29)31)27-16-14-26(15-17-27)19-6-10-22(11-7-19)35(32,33)28-12-2-3-13-28/h4-11,23H,2-3,12-18H2,1H3/t23-/m1/s1. The molecule has 0 bridgehead atoms. The fraction of sp³-hybridized carbons (Fsp3) is 0.440. The molecular formula is C25H30N4O5S. The molecule has 3 aliphatic heterocycles. The molecule has 2 aromatic carbocycles. The van der Waals surface area contributed by atoms with Crippen molar-refractivity contribution in [3.8, 4) is 5.75 Å². The quantitative estimate of drug-likeness (QED) is 0.562. The molecule has 0 spiro atoms. The summed E-state index contributed by atoms with van der Waals surface area (Å²) in [5.74, 6) is 0.287. The first-order valence-electron chi connectivity index (χ1n) is 12.0. The molecule has 0 saturated carbocycles. The third-order valence-corrected chi connectivity index (χ3v) is 9.03. The zero-order valence-electron chi connectivity index (χ0n) is 19.8. The first kappa shape index (κ1) is 23.8. The molecule has 9 nitrogen and oxygen atoms in total. The zero-order valence-corrected chi connectivity index (χ0v) is 20.6. The summed E-state index contributed by atoms with van der Waals surface area (Å²) in [4.78, 5) is 31.7. The van der Waals surface area contributed by atoms with Crippen LogP contribution in [0, 0.1) is 0 Å². The summed E-state index contributed by atoms with van der Waals surface area (Å²) in [6.07, 6.45) is 2.00. The molecule has 35 heavy (non-hydrogen) atoms. The Morgan fingerprint density at radius 1 is 0.800 bits per heavy atom. The van der Waals surface area contributed by atoms with Crippen LogP contribution in [0.4, 0.5) is 11.4 Å². The Bertz CT molecular complexity index is 1190. The van der Waals surface area contributed by atoms with Crippen LogP contribution < -0.4 is 14.5 Å². The summed E-state index contributed by atoms with van der Waals surface area (Å²) >= 11 is 0. The van der Waals surface area contributed by atoms with Crippen molar-refractivity contribution >= 4 is 33.2 Å². The van der Waals surface area contributed by atoms with Crippen molar-refractivity contribution in [3.63, 3.8) is 0 Å². The van der Waals surface area contributed by atoms with Gasteiger partial charge in [-0.25, -0.2) is 13.3 Å². The molecule has 3 aliphatic rings. The highest BCUT2D eigenvalue weighted by molar-refractivity contribution is 7.89. The van der Waals surface area contributed by atoms with Gasteiger partial charge in [0.05, 0.1) is 30.2 Å². The lowest BCUT2D eigenvalue weighted by Crippen LogP contribution is -2.52. The molecule has 186 valence electrons. The van der Waals surface area contributed by atoms with Crippen molar-refractivity contribution < 1.29 is 22.7 Å². The first-order valence-corrected chi connectivity index (χ1v) is 13.4. The molecule has 2 aromatic rings. The fourth-order valence-electron chi connectivity index (χ4n) is 5.10. The van der Waals surface area contributed by atoms with E-state index in [4.69, 9.17) is 4.74 Å². The highest BCUT2D eigenvalue weighted by Crippen LogP contribution is 2.29. The fourth-order valence-corrected chi connectivity index (χ4v) is 6.62. The predicted molar refractivity (Wildman–Crippen MR) is 132 cm³/mol. The normalized spacial score (nSPS) is 22.3. The molecule has 3 saturated heterocycles. The van der Waals surface area contributed by atoms with Gasteiger partial charge in [-0.3, -0.25) is 14.5 Å². The van der Waals surface area contributed by atoms with E-state index in [9.17, 15) is 18.0 Å². The number of amides is 2. The smallest absolute Gasteiger partial charge is 0.251 e. The minimum absolute atomic E-state index is 0.175. The number of benzene rings is 2. The van der Waals surface area contributed by atoms with Gasteiger partial charge < -0.3 is 9.64 Å². The number of carbonyl (C=O) groups excluding carboxylic acids is 2. The van der Waals surface area contributed by atoms with Gasteiger partial charge >= 0.3 is 0 Å². The molecule has 3 heterocycles. The van der Waals surface area contributed by atoms with Crippen LogP contribution >= 0.6 is 0 Å². The Morgan fingerprint density at radius 2 is 1.40 bits per heavy atom. The second-order valence-electron chi connectivity index (χ2n) is 9.11. The third-order valence-electron chi connectivity index (χ3n) is 7.11. The molecule has 1 atom stereocenters. The van der Waals surface area contributed by atoms with Crippen molar-refractivity contribution in [2.75, 3.05) is 56.2 Å². The van der Waals surface area contributed by atoms with E-state index in [-0.39, 0.29) is 18.2 Å². The second kappa shape index (κ2) is 9.60. The van der Waals surface area contributed by atoms with Crippen molar-refractivity contribution in [2.24, 2.45) is 0 Å². The Balaban J connectivity index is 1.21. The average Bonchev–Trinajstić information content (AvgIpc) is 3.53. The summed E-state index contributed by atoms with van der Waals surface area (Å²) in [7, 11) is -1.85. The highest BCUT2D eigenvalue weighted by atomic mass is 32.2. The van der Waals surface area contributed by atoms with Crippen LogP contribution in [0.1, 0.15) is 19.3 Å². The predicted octanol–water partition coefficient (Wildman–Crippen LogP) is 1.93. The van der Waals surface area contributed by atoms with Gasteiger partial charge in [-0.15, -0.1) is 0 Å². The maximum atomic E-state index is 13.1. The van der Waals surface area contributed by atoms with E-state index in [0.717, 1.165) is 18.5 Å². The van der Waals surface area contributed by atoms with Gasteiger partial charge in [-0.1, -0.05) is 0 Å². The number of imide groups is 1. The molecule has 2 amide bonds. The molecule has 0 aromatic heterocycles. The number of nitrogens with zero attached hydrogens (tertiary/aromatic N) is 4. The summed E-state index contributed by atoms with van der Waals surface area (Å²) in [5, 5.41) is 0. The van der Waals surface area contributed by atoms with Gasteiger partial charge in [0.2, 0.25) is 15.9 Å². The van der Waals surface area contributed by atoms with E-state index in [0.29, 0.717) is 55.6 Å². The molecule has 0 aliphatic carbocycles. The highest BCUT2D eigenvalue weighted by Gasteiger charge is 2.43. The lowest BCUT2D eigenvalue weighted by atomic mass is 10.1. The maximum absolute atomic E-state index is 13.1. The van der Waals surface area contributed by atoms with Crippen molar-refractivity contribution in [2.45, 2.75) is 30.2 Å². The Labute approximate surface area is 205 Å². The van der Waals surface area contributed by atoms with E-state index >= 15 is 0 Å². The van der Waals surface area contributed by atoms with E-state index in [1.165, 1.54) is 4.90 Å². The topological polar surface area (TPSA) is 90.5 Å². The summed E-state index contributed by atoms with van der Waals surface area (Å²) in [6.45, 7) is 3.86. The van der Waals surface area contributed by atoms with Gasteiger partial charge in [-0.05, 0) is 61.4 Å². The van der Waals surface area contributed by atoms with Crippen LogP contribution in [-0.2, 0) is 19.6 Å². The number of hydrogen-bond acceptors (Lipinski definition) is 7. The Kier molecular flexibility index (Phi) is 6.52. The van der Waals surface area contributed by atoms with Crippen molar-refractivity contribution in [1.29, 1.82) is 0 Å². The van der Waals surface area contributed by atoms with Gasteiger partial charge in [0.25, 0.3) is 5.91 Å². The zero-order chi connectivity index (χ0) is 24.6. The molecule has 0 N–H and O–H groups in total. The van der Waals surface area contributed by atoms with Crippen LogP contribution in [0.15, 0.2) is 53.4 Å². The number of ether oxygens (including phenoxy) is 1. The van der Waals surface area contributed by atoms with E-state index < -0.39 is 16.1 Å². The Hall–Kier alpha value is -2.95. The summed E-state index contributed by atoms with van der Waals surface area (Å²) in [6, 6.07) is 13.5. The molecule has 0 radical (unpaired) electrons. The summed E-state index contributed by atoms with van der Waals surface area (Å²) in [5.41, 5.74) is 1.52. The number of piperazine rings is 1. The monoisotopic (exact) mass is 498 g/mol. The molecular weight excluding hydrogens is 468 g/mol. The second-order valence-corrected chi connectivity index (χ2v) is 11.1. The summed E-state index contributed by atoms with van der Waals surface area (Å²) < 4.78 is 32.2. The molecule has 10 heteroatoms. The number of rotatable bonds is 6. The number of anilines is 2. The van der Waals surface area contributed by atoms with Crippen LogP contribution in [-0.4, -0.2) is 81.9 Å². The number of carbonyl (C=O) groups is 2. The van der Waals surface area contributed by atoms with Crippen molar-refractivity contribution in [3.05, 3.63) is 48.5 Å². The van der Waals surface area contributed by atoms with Crippen LogP contribution in [0.3, 0.4) is 0 Å². The maximum Gasteiger partial charge on any atom is 0.251 e. The SMILES string of the molecule is COc1ccc(N2C(=O)C[C@@H](N3CCN(c4ccc(S(=O)(=O)N5CCCC5)cc4)CC3)C2=O)cc1. The van der Waals surface area contributed by atoms with E-state index in [1.54, 1.807) is 47.8 Å². The largest absolute Gasteiger partial charge is 0.497 e. The van der Waals surface area contributed by atoms with Crippen LogP contribution in [0.2, 0.25) is 0 Å². The lowest BCUT2D eigenvalue weighted by Gasteiger charge is -2.38. The van der Waals surface area contributed by atoms with Gasteiger partial charge in [0.1, 0.15) is 5.75 Å². The Morgan fingerprint density at radius 3 is 2.00 bits per heavy atom. The van der Waals surface area contributed by atoms with Crippen LogP contribution in [0.5, 0.6) is 5.75 Å². The van der Waals surface area contributed by atoms with Gasteiger partial charge in [0, 0.05) is 45.0 Å². The number of methoxy groups -OCH3 is 1. The van der Waals surface area contributed by atoms with Gasteiger partial charge in [-0.2, -0.15) is 4.31 Å². The van der Waals surface area contributed by atoms with E-state index in [1.807, 2.05) is 12.1 Å². The molecule has 3 fully saturated rings. The lowest BCUT2D eigenvalue weighted by molar-refractivity contribution is -0.123. The minimum Gasteiger partial charge on any atom is -0.497 e. The number of hydrogen-bond donors (Lipinski definition) is 0. The first-order chi connectivity index (χ1) is 16.9. The third kappa shape index (κ3) is 4.53. The van der Waals surface area contributed by atoms with Crippen molar-refractivity contribution in [1.82, 2.24) is 9.21 Å². The van der Waals surface area contributed by atoms with Crippen LogP contribution in [0.25, 0.3) is 0 Å². The minimum atomic E-state index is -3.42.